The lowest BCUT2D eigenvalue weighted by Gasteiger charge is -2.12. The second-order valence-electron chi connectivity index (χ2n) is 3.73. The Morgan fingerprint density at radius 1 is 1.20 bits per heavy atom. The predicted molar refractivity (Wildman–Crippen MR) is 69.6 cm³/mol. The Kier molecular flexibility index (Phi) is 3.96. The Morgan fingerprint density at radius 3 is 2.60 bits per heavy atom. The van der Waals surface area contributed by atoms with Crippen molar-refractivity contribution in [3.63, 3.8) is 0 Å². The first kappa shape index (κ1) is 14.4. The minimum absolute atomic E-state index is 0.0863. The van der Waals surface area contributed by atoms with Crippen molar-refractivity contribution in [2.24, 2.45) is 5.84 Å². The number of hydrazine groups is 1. The standard InChI is InChI=1S/C11H9ClF3N5/c12-7-2-1-6(11(13,14)15)5-8(7)18-9-3-4-17-10(19-9)20-16/h1-5H,16H2,(H2,17,18,19,20). The van der Waals surface area contributed by atoms with E-state index in [-0.39, 0.29) is 22.5 Å². The summed E-state index contributed by atoms with van der Waals surface area (Å²) < 4.78 is 37.9. The number of rotatable bonds is 3. The third kappa shape index (κ3) is 3.28. The fraction of sp³-hybridized carbons (Fsp3) is 0.0909. The molecule has 0 saturated heterocycles. The van der Waals surface area contributed by atoms with Crippen LogP contribution in [-0.2, 0) is 6.18 Å². The molecule has 20 heavy (non-hydrogen) atoms. The molecule has 4 N–H and O–H groups in total. The van der Waals surface area contributed by atoms with E-state index in [1.54, 1.807) is 0 Å². The second-order valence-corrected chi connectivity index (χ2v) is 4.13. The van der Waals surface area contributed by atoms with Gasteiger partial charge < -0.3 is 5.32 Å². The van der Waals surface area contributed by atoms with Crippen molar-refractivity contribution >= 4 is 29.1 Å². The van der Waals surface area contributed by atoms with E-state index >= 15 is 0 Å². The SMILES string of the molecule is NNc1nccc(Nc2cc(C(F)(F)F)ccc2Cl)n1. The molecule has 0 bridgehead atoms. The normalized spacial score (nSPS) is 11.2. The number of nitrogens with one attached hydrogen (secondary N) is 2. The maximum atomic E-state index is 12.6. The Hall–Kier alpha value is -2.06. The number of hydrogen-bond acceptors (Lipinski definition) is 5. The highest BCUT2D eigenvalue weighted by Crippen LogP contribution is 2.34. The molecule has 0 fully saturated rings. The maximum Gasteiger partial charge on any atom is 0.416 e. The van der Waals surface area contributed by atoms with Gasteiger partial charge in [0.2, 0.25) is 5.95 Å². The number of halogens is 4. The van der Waals surface area contributed by atoms with Crippen LogP contribution in [0.15, 0.2) is 30.5 Å². The fourth-order valence-corrected chi connectivity index (χ4v) is 1.60. The van der Waals surface area contributed by atoms with Crippen LogP contribution in [0, 0.1) is 0 Å². The van der Waals surface area contributed by atoms with Crippen molar-refractivity contribution in [3.8, 4) is 0 Å². The summed E-state index contributed by atoms with van der Waals surface area (Å²) in [6.07, 6.45) is -3.05. The molecule has 2 aromatic rings. The summed E-state index contributed by atoms with van der Waals surface area (Å²) in [5, 5.41) is 2.82. The topological polar surface area (TPSA) is 75.9 Å². The number of nitrogen functional groups attached to an aromatic ring is 1. The molecule has 0 aliphatic heterocycles. The van der Waals surface area contributed by atoms with Gasteiger partial charge in [-0.3, -0.25) is 5.43 Å². The van der Waals surface area contributed by atoms with Gasteiger partial charge in [-0.2, -0.15) is 18.2 Å². The van der Waals surface area contributed by atoms with Crippen molar-refractivity contribution in [2.75, 3.05) is 10.7 Å². The second kappa shape index (κ2) is 5.51. The Balaban J connectivity index is 2.32. The molecule has 0 spiro atoms. The summed E-state index contributed by atoms with van der Waals surface area (Å²) in [7, 11) is 0. The van der Waals surface area contributed by atoms with E-state index in [1.807, 2.05) is 0 Å². The average molecular weight is 304 g/mol. The number of nitrogens with zero attached hydrogens (tertiary/aromatic N) is 2. The van der Waals surface area contributed by atoms with Gasteiger partial charge >= 0.3 is 6.18 Å². The Labute approximate surface area is 117 Å². The maximum absolute atomic E-state index is 12.6. The van der Waals surface area contributed by atoms with Crippen LogP contribution in [0.5, 0.6) is 0 Å². The zero-order valence-corrected chi connectivity index (χ0v) is 10.6. The Bertz CT molecular complexity index is 617. The van der Waals surface area contributed by atoms with Gasteiger partial charge in [-0.1, -0.05) is 11.6 Å². The summed E-state index contributed by atoms with van der Waals surface area (Å²) in [5.41, 5.74) is 1.50. The van der Waals surface area contributed by atoms with Crippen molar-refractivity contribution < 1.29 is 13.2 Å². The molecule has 0 amide bonds. The molecule has 0 unspecified atom stereocenters. The van der Waals surface area contributed by atoms with E-state index in [9.17, 15) is 13.2 Å². The highest BCUT2D eigenvalue weighted by Gasteiger charge is 2.31. The number of anilines is 3. The number of aromatic nitrogens is 2. The quantitative estimate of drug-likeness (QED) is 0.600. The molecule has 1 heterocycles. The highest BCUT2D eigenvalue weighted by molar-refractivity contribution is 6.33. The van der Waals surface area contributed by atoms with Gasteiger partial charge in [-0.25, -0.2) is 10.8 Å². The van der Waals surface area contributed by atoms with Gasteiger partial charge in [0, 0.05) is 6.20 Å². The third-order valence-electron chi connectivity index (χ3n) is 2.34. The summed E-state index contributed by atoms with van der Waals surface area (Å²) in [5.74, 6) is 5.53. The van der Waals surface area contributed by atoms with Crippen LogP contribution < -0.4 is 16.6 Å². The van der Waals surface area contributed by atoms with E-state index in [0.29, 0.717) is 0 Å². The van der Waals surface area contributed by atoms with E-state index in [4.69, 9.17) is 17.4 Å². The minimum atomic E-state index is -4.45. The molecule has 0 aliphatic carbocycles. The molecule has 0 atom stereocenters. The van der Waals surface area contributed by atoms with Crippen LogP contribution in [-0.4, -0.2) is 9.97 Å². The summed E-state index contributed by atoms with van der Waals surface area (Å²) in [4.78, 5) is 7.70. The highest BCUT2D eigenvalue weighted by atomic mass is 35.5. The predicted octanol–water partition coefficient (Wildman–Crippen LogP) is 3.18. The summed E-state index contributed by atoms with van der Waals surface area (Å²) in [6, 6.07) is 4.44. The van der Waals surface area contributed by atoms with Crippen molar-refractivity contribution in [2.45, 2.75) is 6.18 Å². The van der Waals surface area contributed by atoms with Gasteiger partial charge in [-0.05, 0) is 24.3 Å². The lowest BCUT2D eigenvalue weighted by Crippen LogP contribution is -2.11. The molecule has 0 radical (unpaired) electrons. The van der Waals surface area contributed by atoms with Crippen LogP contribution in [0.2, 0.25) is 5.02 Å². The molecule has 1 aromatic carbocycles. The molecule has 2 rings (SSSR count). The van der Waals surface area contributed by atoms with Crippen LogP contribution in [0.3, 0.4) is 0 Å². The average Bonchev–Trinajstić information content (AvgIpc) is 2.40. The number of alkyl halides is 3. The van der Waals surface area contributed by atoms with Crippen LogP contribution in [0.25, 0.3) is 0 Å². The smallest absolute Gasteiger partial charge is 0.339 e. The van der Waals surface area contributed by atoms with Gasteiger partial charge in [0.05, 0.1) is 16.3 Å². The summed E-state index contributed by atoms with van der Waals surface area (Å²) >= 11 is 5.86. The molecular formula is C11H9ClF3N5. The molecule has 0 aliphatic rings. The largest absolute Gasteiger partial charge is 0.416 e. The monoisotopic (exact) mass is 303 g/mol. The molecule has 1 aromatic heterocycles. The zero-order valence-electron chi connectivity index (χ0n) is 9.87. The molecule has 0 saturated carbocycles. The van der Waals surface area contributed by atoms with E-state index in [0.717, 1.165) is 18.2 Å². The third-order valence-corrected chi connectivity index (χ3v) is 2.67. The lowest BCUT2D eigenvalue weighted by atomic mass is 10.2. The first-order valence-electron chi connectivity index (χ1n) is 5.33. The molecule has 106 valence electrons. The number of benzene rings is 1. The van der Waals surface area contributed by atoms with Gasteiger partial charge in [0.1, 0.15) is 5.82 Å². The lowest BCUT2D eigenvalue weighted by molar-refractivity contribution is -0.137. The van der Waals surface area contributed by atoms with Gasteiger partial charge in [-0.15, -0.1) is 0 Å². The first-order valence-corrected chi connectivity index (χ1v) is 5.71. The van der Waals surface area contributed by atoms with Gasteiger partial charge in [0.15, 0.2) is 0 Å². The molecular weight excluding hydrogens is 295 g/mol. The van der Waals surface area contributed by atoms with Gasteiger partial charge in [0.25, 0.3) is 0 Å². The first-order chi connectivity index (χ1) is 9.40. The van der Waals surface area contributed by atoms with Crippen LogP contribution >= 0.6 is 11.6 Å². The fourth-order valence-electron chi connectivity index (χ4n) is 1.43. The summed E-state index contributed by atoms with van der Waals surface area (Å²) in [6.45, 7) is 0. The molecule has 5 nitrogen and oxygen atoms in total. The van der Waals surface area contributed by atoms with E-state index in [2.05, 4.69) is 20.7 Å². The molecule has 9 heteroatoms. The Morgan fingerprint density at radius 2 is 1.95 bits per heavy atom. The zero-order chi connectivity index (χ0) is 14.8. The number of hydrogen-bond donors (Lipinski definition) is 3. The van der Waals surface area contributed by atoms with Crippen molar-refractivity contribution in [1.82, 2.24) is 9.97 Å². The van der Waals surface area contributed by atoms with Crippen LogP contribution in [0.1, 0.15) is 5.56 Å². The number of nitrogens with two attached hydrogens (primary N) is 1. The van der Waals surface area contributed by atoms with E-state index < -0.39 is 11.7 Å². The van der Waals surface area contributed by atoms with Crippen molar-refractivity contribution in [3.05, 3.63) is 41.0 Å². The van der Waals surface area contributed by atoms with Crippen molar-refractivity contribution in [1.29, 1.82) is 0 Å². The minimum Gasteiger partial charge on any atom is -0.339 e. The van der Waals surface area contributed by atoms with Crippen LogP contribution in [0.4, 0.5) is 30.6 Å². The van der Waals surface area contributed by atoms with E-state index in [1.165, 1.54) is 12.3 Å².